The number of anilines is 1. The number of nitrogens with one attached hydrogen (secondary N) is 1. The predicted molar refractivity (Wildman–Crippen MR) is 103 cm³/mol. The molecule has 144 valence electrons. The van der Waals surface area contributed by atoms with Crippen molar-refractivity contribution in [1.82, 2.24) is 4.31 Å². The van der Waals surface area contributed by atoms with E-state index in [4.69, 9.17) is 11.6 Å². The molecule has 1 heterocycles. The molecule has 1 atom stereocenters. The number of aryl methyl sites for hydroxylation is 1. The zero-order valence-corrected chi connectivity index (χ0v) is 16.4. The van der Waals surface area contributed by atoms with E-state index in [1.165, 1.54) is 16.4 Å². The quantitative estimate of drug-likeness (QED) is 0.833. The number of nitrogens with zero attached hydrogens (tertiary/aromatic N) is 1. The zero-order valence-electron chi connectivity index (χ0n) is 14.8. The van der Waals surface area contributed by atoms with Crippen molar-refractivity contribution >= 4 is 33.2 Å². The summed E-state index contributed by atoms with van der Waals surface area (Å²) in [6.07, 6.45) is 1.19. The molecule has 0 bridgehead atoms. The van der Waals surface area contributed by atoms with Crippen molar-refractivity contribution in [2.24, 2.45) is 5.92 Å². The normalized spacial score (nSPS) is 18.3. The van der Waals surface area contributed by atoms with Crippen LogP contribution in [0.4, 0.5) is 10.1 Å². The SMILES string of the molecule is Cc1cc(Cl)ccc1NC(=O)[C@@H]1CCCN(S(=O)(=O)c2ccc(F)cc2)C1. The van der Waals surface area contributed by atoms with Gasteiger partial charge in [0.25, 0.3) is 0 Å². The molecule has 0 aliphatic carbocycles. The van der Waals surface area contributed by atoms with Crippen LogP contribution < -0.4 is 5.32 Å². The Kier molecular flexibility index (Phi) is 5.83. The van der Waals surface area contributed by atoms with Gasteiger partial charge in [0.2, 0.25) is 15.9 Å². The van der Waals surface area contributed by atoms with Crippen molar-refractivity contribution in [3.05, 3.63) is 58.9 Å². The number of halogens is 2. The smallest absolute Gasteiger partial charge is 0.243 e. The van der Waals surface area contributed by atoms with E-state index in [2.05, 4.69) is 5.32 Å². The molecule has 8 heteroatoms. The molecule has 1 aliphatic rings. The third-order valence-electron chi connectivity index (χ3n) is 4.65. The fraction of sp³-hybridized carbons (Fsp3) is 0.316. The van der Waals surface area contributed by atoms with E-state index in [0.29, 0.717) is 30.1 Å². The van der Waals surface area contributed by atoms with Gasteiger partial charge in [-0.15, -0.1) is 0 Å². The molecular formula is C19H20ClFN2O3S. The van der Waals surface area contributed by atoms with Gasteiger partial charge in [0.15, 0.2) is 0 Å². The summed E-state index contributed by atoms with van der Waals surface area (Å²) in [7, 11) is -3.76. The largest absolute Gasteiger partial charge is 0.326 e. The van der Waals surface area contributed by atoms with Crippen LogP contribution in [0.25, 0.3) is 0 Å². The molecule has 0 saturated carbocycles. The lowest BCUT2D eigenvalue weighted by Crippen LogP contribution is -2.43. The standard InChI is InChI=1S/C19H20ClFN2O3S/c1-13-11-15(20)4-9-18(13)22-19(24)14-3-2-10-23(12-14)27(25,26)17-7-5-16(21)6-8-17/h4-9,11,14H,2-3,10,12H2,1H3,(H,22,24)/t14-/m1/s1. The summed E-state index contributed by atoms with van der Waals surface area (Å²) in [5, 5.41) is 3.44. The first-order valence-corrected chi connectivity index (χ1v) is 10.4. The van der Waals surface area contributed by atoms with Gasteiger partial charge in [-0.3, -0.25) is 4.79 Å². The second-order valence-electron chi connectivity index (χ2n) is 6.60. The van der Waals surface area contributed by atoms with E-state index in [9.17, 15) is 17.6 Å². The van der Waals surface area contributed by atoms with Crippen molar-refractivity contribution in [3.63, 3.8) is 0 Å². The van der Waals surface area contributed by atoms with Crippen molar-refractivity contribution in [1.29, 1.82) is 0 Å². The Morgan fingerprint density at radius 3 is 2.59 bits per heavy atom. The van der Waals surface area contributed by atoms with Crippen LogP contribution in [0.15, 0.2) is 47.4 Å². The molecule has 0 spiro atoms. The molecule has 2 aromatic rings. The molecular weight excluding hydrogens is 391 g/mol. The monoisotopic (exact) mass is 410 g/mol. The molecule has 1 N–H and O–H groups in total. The zero-order chi connectivity index (χ0) is 19.6. The lowest BCUT2D eigenvalue weighted by atomic mass is 9.98. The minimum atomic E-state index is -3.76. The van der Waals surface area contributed by atoms with Gasteiger partial charge in [-0.2, -0.15) is 4.31 Å². The second kappa shape index (κ2) is 7.96. The molecule has 27 heavy (non-hydrogen) atoms. The molecule has 3 rings (SSSR count). The van der Waals surface area contributed by atoms with Gasteiger partial charge in [-0.25, -0.2) is 12.8 Å². The van der Waals surface area contributed by atoms with Crippen molar-refractivity contribution in [3.8, 4) is 0 Å². The molecule has 1 aliphatic heterocycles. The number of rotatable bonds is 4. The summed E-state index contributed by atoms with van der Waals surface area (Å²) in [5.41, 5.74) is 1.49. The fourth-order valence-electron chi connectivity index (χ4n) is 3.13. The third kappa shape index (κ3) is 4.48. The first-order chi connectivity index (χ1) is 12.8. The predicted octanol–water partition coefficient (Wildman–Crippen LogP) is 3.83. The van der Waals surface area contributed by atoms with Gasteiger partial charge < -0.3 is 5.32 Å². The highest BCUT2D eigenvalue weighted by molar-refractivity contribution is 7.89. The molecule has 1 amide bonds. The van der Waals surface area contributed by atoms with Gasteiger partial charge in [0.05, 0.1) is 10.8 Å². The summed E-state index contributed by atoms with van der Waals surface area (Å²) in [5.74, 6) is -1.17. The Morgan fingerprint density at radius 2 is 1.93 bits per heavy atom. The van der Waals surface area contributed by atoms with Crippen LogP contribution >= 0.6 is 11.6 Å². The maximum Gasteiger partial charge on any atom is 0.243 e. The summed E-state index contributed by atoms with van der Waals surface area (Å²) in [4.78, 5) is 12.7. The van der Waals surface area contributed by atoms with Crippen LogP contribution in [0.3, 0.4) is 0 Å². The van der Waals surface area contributed by atoms with Gasteiger partial charge in [-0.1, -0.05) is 11.6 Å². The highest BCUT2D eigenvalue weighted by Gasteiger charge is 2.33. The Balaban J connectivity index is 1.73. The number of hydrogen-bond donors (Lipinski definition) is 1. The van der Waals surface area contributed by atoms with Gasteiger partial charge in [0.1, 0.15) is 5.82 Å². The van der Waals surface area contributed by atoms with E-state index in [0.717, 1.165) is 17.7 Å². The van der Waals surface area contributed by atoms with Crippen molar-refractivity contribution in [2.75, 3.05) is 18.4 Å². The lowest BCUT2D eigenvalue weighted by molar-refractivity contribution is -0.120. The minimum absolute atomic E-state index is 0.0264. The van der Waals surface area contributed by atoms with Crippen LogP contribution in [0.5, 0.6) is 0 Å². The average Bonchev–Trinajstić information content (AvgIpc) is 2.64. The number of hydrogen-bond acceptors (Lipinski definition) is 3. The Hall–Kier alpha value is -1.96. The third-order valence-corrected chi connectivity index (χ3v) is 6.77. The molecule has 1 saturated heterocycles. The van der Waals surface area contributed by atoms with E-state index >= 15 is 0 Å². The van der Waals surface area contributed by atoms with Crippen molar-refractivity contribution < 1.29 is 17.6 Å². The summed E-state index contributed by atoms with van der Waals surface area (Å²) >= 11 is 5.93. The number of carbonyl (C=O) groups excluding carboxylic acids is 1. The molecule has 1 fully saturated rings. The average molecular weight is 411 g/mol. The van der Waals surface area contributed by atoms with E-state index in [-0.39, 0.29) is 17.3 Å². The molecule has 0 radical (unpaired) electrons. The Morgan fingerprint density at radius 1 is 1.22 bits per heavy atom. The number of amides is 1. The van der Waals surface area contributed by atoms with E-state index < -0.39 is 21.8 Å². The first kappa shape index (κ1) is 19.8. The lowest BCUT2D eigenvalue weighted by Gasteiger charge is -2.31. The molecule has 0 aromatic heterocycles. The summed E-state index contributed by atoms with van der Waals surface area (Å²) in [6.45, 7) is 2.27. The highest BCUT2D eigenvalue weighted by atomic mass is 35.5. The summed E-state index contributed by atoms with van der Waals surface area (Å²) < 4.78 is 39.9. The van der Waals surface area contributed by atoms with Crippen LogP contribution in [0.2, 0.25) is 5.02 Å². The maximum atomic E-state index is 13.1. The van der Waals surface area contributed by atoms with Gasteiger partial charge >= 0.3 is 0 Å². The van der Waals surface area contributed by atoms with Crippen LogP contribution in [-0.2, 0) is 14.8 Å². The Labute approximate surface area is 163 Å². The molecule has 5 nitrogen and oxygen atoms in total. The molecule has 0 unspecified atom stereocenters. The van der Waals surface area contributed by atoms with Crippen molar-refractivity contribution in [2.45, 2.75) is 24.7 Å². The van der Waals surface area contributed by atoms with Gasteiger partial charge in [-0.05, 0) is 67.8 Å². The number of benzene rings is 2. The Bertz CT molecular complexity index is 948. The number of sulfonamides is 1. The number of carbonyl (C=O) groups is 1. The van der Waals surface area contributed by atoms with Gasteiger partial charge in [0, 0.05) is 23.8 Å². The van der Waals surface area contributed by atoms with E-state index in [1.807, 2.05) is 6.92 Å². The minimum Gasteiger partial charge on any atom is -0.326 e. The van der Waals surface area contributed by atoms with Crippen LogP contribution in [0.1, 0.15) is 18.4 Å². The van der Waals surface area contributed by atoms with E-state index in [1.54, 1.807) is 18.2 Å². The molecule has 2 aromatic carbocycles. The van der Waals surface area contributed by atoms with Crippen LogP contribution in [-0.4, -0.2) is 31.7 Å². The summed E-state index contributed by atoms with van der Waals surface area (Å²) in [6, 6.07) is 9.89. The second-order valence-corrected chi connectivity index (χ2v) is 8.98. The van der Waals surface area contributed by atoms with Crippen LogP contribution in [0, 0.1) is 18.7 Å². The number of piperidine rings is 1. The highest BCUT2D eigenvalue weighted by Crippen LogP contribution is 2.26. The first-order valence-electron chi connectivity index (χ1n) is 8.60. The topological polar surface area (TPSA) is 66.5 Å². The fourth-order valence-corrected chi connectivity index (χ4v) is 4.88. The maximum absolute atomic E-state index is 13.1.